The number of aromatic nitrogens is 3. The van der Waals surface area contributed by atoms with Crippen molar-refractivity contribution in [2.45, 2.75) is 45.8 Å². The minimum absolute atomic E-state index is 0.0968. The standard InChI is InChI=1S/C32H36N6O6/c1-4-38-15-13-24(36-38)32(41)37-14-8-16-43-28-18-23(11-12-27(28)42-3)31-35-26(21(2)44-31)19-33-30(40)25(34-29(39)20-37)17-22-9-6-5-7-10-22/h5-7,9-13,15,18,25H,4,8,14,16-17,19-20H2,1-3H3,(H,33,40)(H,34,39)/t25-/m1/s1. The summed E-state index contributed by atoms with van der Waals surface area (Å²) in [7, 11) is 1.55. The van der Waals surface area contributed by atoms with Crippen LogP contribution in [-0.4, -0.2) is 70.2 Å². The number of nitrogens with zero attached hydrogens (tertiary/aromatic N) is 4. The molecule has 0 saturated heterocycles. The Balaban J connectivity index is 1.45. The number of amides is 3. The minimum atomic E-state index is -0.890. The number of carbonyl (C=O) groups excluding carboxylic acids is 3. The van der Waals surface area contributed by atoms with Crippen LogP contribution in [0.5, 0.6) is 11.5 Å². The molecule has 12 heteroatoms. The number of oxazole rings is 1. The molecule has 230 valence electrons. The van der Waals surface area contributed by atoms with Crippen LogP contribution in [-0.2, 0) is 29.1 Å². The van der Waals surface area contributed by atoms with Crippen molar-refractivity contribution in [1.29, 1.82) is 0 Å². The molecule has 0 spiro atoms. The van der Waals surface area contributed by atoms with Gasteiger partial charge < -0.3 is 29.4 Å². The molecule has 2 aromatic heterocycles. The minimum Gasteiger partial charge on any atom is -0.493 e. The van der Waals surface area contributed by atoms with E-state index in [1.54, 1.807) is 43.1 Å². The van der Waals surface area contributed by atoms with Crippen molar-refractivity contribution in [3.05, 3.63) is 83.5 Å². The van der Waals surface area contributed by atoms with E-state index in [4.69, 9.17) is 13.9 Å². The molecule has 0 aliphatic carbocycles. The monoisotopic (exact) mass is 600 g/mol. The molecular weight excluding hydrogens is 564 g/mol. The third-order valence-electron chi connectivity index (χ3n) is 7.30. The molecule has 0 saturated carbocycles. The highest BCUT2D eigenvalue weighted by Crippen LogP contribution is 2.33. The molecule has 4 bridgehead atoms. The number of nitrogens with one attached hydrogen (secondary N) is 2. The molecule has 4 aromatic rings. The Kier molecular flexibility index (Phi) is 9.58. The summed E-state index contributed by atoms with van der Waals surface area (Å²) in [5, 5.41) is 10.1. The number of hydrogen-bond donors (Lipinski definition) is 2. The third-order valence-corrected chi connectivity index (χ3v) is 7.30. The Morgan fingerprint density at radius 2 is 1.95 bits per heavy atom. The topological polar surface area (TPSA) is 141 Å². The zero-order valence-electron chi connectivity index (χ0n) is 25.0. The van der Waals surface area contributed by atoms with Crippen molar-refractivity contribution in [3.63, 3.8) is 0 Å². The van der Waals surface area contributed by atoms with E-state index in [0.717, 1.165) is 5.56 Å². The van der Waals surface area contributed by atoms with E-state index in [9.17, 15) is 14.4 Å². The molecule has 2 N–H and O–H groups in total. The Morgan fingerprint density at radius 1 is 1.14 bits per heavy atom. The number of hydrogen-bond acceptors (Lipinski definition) is 8. The molecule has 0 unspecified atom stereocenters. The quantitative estimate of drug-likeness (QED) is 0.356. The van der Waals surface area contributed by atoms with Crippen LogP contribution < -0.4 is 20.1 Å². The van der Waals surface area contributed by atoms with Gasteiger partial charge in [-0.2, -0.15) is 5.10 Å². The normalized spacial score (nSPS) is 16.2. The summed E-state index contributed by atoms with van der Waals surface area (Å²) < 4.78 is 19.1. The van der Waals surface area contributed by atoms with Gasteiger partial charge in [-0.1, -0.05) is 30.3 Å². The number of ether oxygens (including phenoxy) is 2. The highest BCUT2D eigenvalue weighted by molar-refractivity contribution is 5.95. The highest BCUT2D eigenvalue weighted by Gasteiger charge is 2.26. The number of methoxy groups -OCH3 is 1. The van der Waals surface area contributed by atoms with Gasteiger partial charge in [-0.05, 0) is 50.1 Å². The van der Waals surface area contributed by atoms with Gasteiger partial charge in [0.2, 0.25) is 17.7 Å². The van der Waals surface area contributed by atoms with Crippen LogP contribution in [0.25, 0.3) is 11.5 Å². The lowest BCUT2D eigenvalue weighted by molar-refractivity contribution is -0.129. The van der Waals surface area contributed by atoms with Gasteiger partial charge in [0.05, 0.1) is 26.8 Å². The van der Waals surface area contributed by atoms with Crippen molar-refractivity contribution >= 4 is 17.7 Å². The second kappa shape index (κ2) is 13.9. The molecule has 1 atom stereocenters. The van der Waals surface area contributed by atoms with Gasteiger partial charge >= 0.3 is 0 Å². The van der Waals surface area contributed by atoms with Crippen molar-refractivity contribution in [2.75, 3.05) is 26.8 Å². The number of benzene rings is 2. The van der Waals surface area contributed by atoms with Crippen LogP contribution >= 0.6 is 0 Å². The number of rotatable bonds is 5. The summed E-state index contributed by atoms with van der Waals surface area (Å²) in [6, 6.07) is 15.5. The van der Waals surface area contributed by atoms with Crippen LogP contribution in [0.4, 0.5) is 0 Å². The molecule has 1 aliphatic heterocycles. The lowest BCUT2D eigenvalue weighted by atomic mass is 10.1. The van der Waals surface area contributed by atoms with Crippen molar-refractivity contribution < 1.29 is 28.3 Å². The first kappa shape index (κ1) is 30.3. The number of carbonyl (C=O) groups is 3. The third kappa shape index (κ3) is 7.25. The van der Waals surface area contributed by atoms with E-state index in [-0.39, 0.29) is 50.2 Å². The highest BCUT2D eigenvalue weighted by atomic mass is 16.5. The molecule has 44 heavy (non-hydrogen) atoms. The second-order valence-corrected chi connectivity index (χ2v) is 10.4. The summed E-state index contributed by atoms with van der Waals surface area (Å²) in [6.07, 6.45) is 2.40. The van der Waals surface area contributed by atoms with E-state index < -0.39 is 11.9 Å². The molecule has 3 amide bonds. The van der Waals surface area contributed by atoms with E-state index >= 15 is 0 Å². The van der Waals surface area contributed by atoms with Gasteiger partial charge in [-0.3, -0.25) is 19.1 Å². The average molecular weight is 601 g/mol. The molecule has 5 rings (SSSR count). The van der Waals surface area contributed by atoms with E-state index in [0.29, 0.717) is 47.4 Å². The summed E-state index contributed by atoms with van der Waals surface area (Å²) in [6.45, 7) is 4.59. The van der Waals surface area contributed by atoms with Crippen molar-refractivity contribution in [2.24, 2.45) is 0 Å². The summed E-state index contributed by atoms with van der Waals surface area (Å²) in [4.78, 5) is 46.4. The first-order valence-electron chi connectivity index (χ1n) is 14.6. The lowest BCUT2D eigenvalue weighted by Crippen LogP contribution is -2.51. The van der Waals surface area contributed by atoms with Crippen molar-refractivity contribution in [3.8, 4) is 23.0 Å². The fraction of sp³-hybridized carbons (Fsp3) is 0.344. The van der Waals surface area contributed by atoms with Gasteiger partial charge in [-0.15, -0.1) is 0 Å². The first-order chi connectivity index (χ1) is 21.3. The van der Waals surface area contributed by atoms with Crippen LogP contribution in [0, 0.1) is 6.92 Å². The molecule has 2 aromatic carbocycles. The predicted molar refractivity (Wildman–Crippen MR) is 161 cm³/mol. The maximum absolute atomic E-state index is 13.5. The lowest BCUT2D eigenvalue weighted by Gasteiger charge is -2.24. The van der Waals surface area contributed by atoms with Gasteiger partial charge in [0.1, 0.15) is 23.2 Å². The number of fused-ring (bicyclic) bond motifs is 5. The van der Waals surface area contributed by atoms with Gasteiger partial charge in [0, 0.05) is 31.3 Å². The Bertz CT molecular complexity index is 1610. The molecule has 3 heterocycles. The zero-order valence-corrected chi connectivity index (χ0v) is 25.0. The van der Waals surface area contributed by atoms with E-state index in [1.807, 2.05) is 43.3 Å². The summed E-state index contributed by atoms with van der Waals surface area (Å²) >= 11 is 0. The zero-order chi connectivity index (χ0) is 31.1. The first-order valence-corrected chi connectivity index (χ1v) is 14.6. The van der Waals surface area contributed by atoms with Crippen LogP contribution in [0.3, 0.4) is 0 Å². The Labute approximate surface area is 255 Å². The van der Waals surface area contributed by atoms with Crippen LogP contribution in [0.2, 0.25) is 0 Å². The van der Waals surface area contributed by atoms with E-state index in [1.165, 1.54) is 4.90 Å². The maximum atomic E-state index is 13.5. The molecule has 1 aliphatic rings. The maximum Gasteiger partial charge on any atom is 0.274 e. The van der Waals surface area contributed by atoms with E-state index in [2.05, 4.69) is 20.7 Å². The molecule has 0 fully saturated rings. The van der Waals surface area contributed by atoms with Gasteiger partial charge in [-0.25, -0.2) is 4.98 Å². The average Bonchev–Trinajstić information content (AvgIpc) is 3.67. The summed E-state index contributed by atoms with van der Waals surface area (Å²) in [5.74, 6) is 0.698. The fourth-order valence-corrected chi connectivity index (χ4v) is 4.91. The summed E-state index contributed by atoms with van der Waals surface area (Å²) in [5.41, 5.74) is 2.34. The van der Waals surface area contributed by atoms with Crippen LogP contribution in [0.1, 0.15) is 40.9 Å². The molecular formula is C32H36N6O6. The fourth-order valence-electron chi connectivity index (χ4n) is 4.91. The number of aryl methyl sites for hydroxylation is 2. The Morgan fingerprint density at radius 3 is 2.70 bits per heavy atom. The SMILES string of the molecule is CCn1ccc(C(=O)N2CCCOc3cc(ccc3OC)-c3nc(c(C)o3)CNC(=O)[C@@H](Cc3ccccc3)NC(=O)C2)n1. The predicted octanol–water partition coefficient (Wildman–Crippen LogP) is 3.14. The Hall–Kier alpha value is -5.13. The van der Waals surface area contributed by atoms with Gasteiger partial charge in [0.25, 0.3) is 5.91 Å². The molecule has 0 radical (unpaired) electrons. The van der Waals surface area contributed by atoms with Crippen LogP contribution in [0.15, 0.2) is 65.2 Å². The van der Waals surface area contributed by atoms with Crippen molar-refractivity contribution in [1.82, 2.24) is 30.3 Å². The largest absolute Gasteiger partial charge is 0.493 e. The van der Waals surface area contributed by atoms with Gasteiger partial charge in [0.15, 0.2) is 11.5 Å². The molecule has 12 nitrogen and oxygen atoms in total. The second-order valence-electron chi connectivity index (χ2n) is 10.4. The smallest absolute Gasteiger partial charge is 0.274 e.